The molecule has 0 radical (unpaired) electrons. The van der Waals surface area contributed by atoms with Crippen molar-refractivity contribution in [2.24, 2.45) is 11.8 Å². The molecule has 2 aromatic carbocycles. The molecule has 0 amide bonds. The molecule has 13 nitrogen and oxygen atoms in total. The molecule has 40 heavy (non-hydrogen) atoms. The number of hydrogen-bond donors (Lipinski definition) is 3. The molecule has 5 rings (SSSR count). The Balaban J connectivity index is 1.32. The fourth-order valence-electron chi connectivity index (χ4n) is 4.33. The van der Waals surface area contributed by atoms with Gasteiger partial charge in [-0.3, -0.25) is 18.8 Å². The molecule has 0 aliphatic heterocycles. The van der Waals surface area contributed by atoms with Gasteiger partial charge in [0.1, 0.15) is 5.52 Å². The maximum absolute atomic E-state index is 13.9. The van der Waals surface area contributed by atoms with Gasteiger partial charge in [0.2, 0.25) is 5.95 Å². The van der Waals surface area contributed by atoms with Crippen molar-refractivity contribution in [2.75, 3.05) is 18.9 Å². The minimum Gasteiger partial charge on any atom is -0.401 e. The molecule has 4 aromatic rings. The molecule has 17 heteroatoms. The lowest BCUT2D eigenvalue weighted by Crippen LogP contribution is -2.43. The van der Waals surface area contributed by atoms with Crippen molar-refractivity contribution in [1.82, 2.24) is 19.5 Å². The number of phosphoric ester groups is 2. The lowest BCUT2D eigenvalue weighted by atomic mass is 9.70. The fraction of sp³-hybridized carbons (Fsp3) is 0.261. The zero-order valence-corrected chi connectivity index (χ0v) is 22.3. The van der Waals surface area contributed by atoms with Gasteiger partial charge in [-0.05, 0) is 36.6 Å². The molecule has 1 fully saturated rings. The summed E-state index contributed by atoms with van der Waals surface area (Å²) < 4.78 is 74.6. The van der Waals surface area contributed by atoms with Crippen LogP contribution in [0.5, 0.6) is 11.5 Å². The van der Waals surface area contributed by atoms with E-state index in [9.17, 15) is 27.7 Å². The Morgan fingerprint density at radius 2 is 1.50 bits per heavy atom. The minimum absolute atomic E-state index is 0.00548. The predicted molar refractivity (Wildman–Crippen MR) is 136 cm³/mol. The van der Waals surface area contributed by atoms with E-state index < -0.39 is 63.3 Å². The Morgan fingerprint density at radius 1 is 0.925 bits per heavy atom. The number of rotatable bonds is 11. The van der Waals surface area contributed by atoms with Crippen molar-refractivity contribution in [2.45, 2.75) is 12.5 Å². The van der Waals surface area contributed by atoms with Gasteiger partial charge in [-0.15, -0.1) is 0 Å². The van der Waals surface area contributed by atoms with Crippen LogP contribution in [0.3, 0.4) is 0 Å². The first-order chi connectivity index (χ1) is 19.0. The number of para-hydroxylation sites is 2. The van der Waals surface area contributed by atoms with Crippen LogP contribution in [0.15, 0.2) is 61.1 Å². The summed E-state index contributed by atoms with van der Waals surface area (Å²) in [5, 5.41) is 0. The maximum atomic E-state index is 13.9. The number of imidazole rings is 1. The maximum Gasteiger partial charge on any atom is 0.527 e. The summed E-state index contributed by atoms with van der Waals surface area (Å²) in [6.45, 7) is -0.745. The molecule has 0 bridgehead atoms. The highest BCUT2D eigenvalue weighted by molar-refractivity contribution is 7.48. The number of nitrogens with two attached hydrogens (primary N) is 1. The Bertz CT molecular complexity index is 1630. The Labute approximate surface area is 225 Å². The standard InChI is InChI=1S/C23H23F2N5O8P2/c24-16-5-1-3-7-20(16)37-39(31,32)35-11-14-9-19(30-13-28-18-10-27-23(26)29-22(18)30)15(14)12-36-40(33,34)38-21-8-4-2-6-17(21)25/h1-8,10,13-15,19H,9,11-12H2,(H,31,32)(H,33,34)(H2,26,27,29). The van der Waals surface area contributed by atoms with E-state index in [1.807, 2.05) is 0 Å². The topological polar surface area (TPSA) is 181 Å². The molecular weight excluding hydrogens is 574 g/mol. The van der Waals surface area contributed by atoms with Crippen molar-refractivity contribution in [3.05, 3.63) is 72.7 Å². The number of anilines is 1. The normalized spacial score (nSPS) is 21.8. The van der Waals surface area contributed by atoms with Crippen LogP contribution in [0.2, 0.25) is 0 Å². The van der Waals surface area contributed by atoms with Crippen LogP contribution in [0.4, 0.5) is 14.7 Å². The minimum atomic E-state index is -4.79. The average Bonchev–Trinajstić information content (AvgIpc) is 3.28. The molecule has 4 N–H and O–H groups in total. The van der Waals surface area contributed by atoms with Crippen molar-refractivity contribution in [3.8, 4) is 11.5 Å². The number of hydrogen-bond acceptors (Lipinski definition) is 10. The number of aromatic nitrogens is 4. The number of benzene rings is 2. The largest absolute Gasteiger partial charge is 0.527 e. The summed E-state index contributed by atoms with van der Waals surface area (Å²) in [7, 11) is -9.52. The van der Waals surface area contributed by atoms with Gasteiger partial charge in [0.15, 0.2) is 28.8 Å². The van der Waals surface area contributed by atoms with Gasteiger partial charge < -0.3 is 19.3 Å². The number of nitrogen functional groups attached to an aromatic ring is 1. The van der Waals surface area contributed by atoms with Crippen molar-refractivity contribution < 1.29 is 45.8 Å². The second-order valence-corrected chi connectivity index (χ2v) is 11.6. The monoisotopic (exact) mass is 597 g/mol. The zero-order chi connectivity index (χ0) is 28.5. The van der Waals surface area contributed by atoms with Crippen molar-refractivity contribution in [3.63, 3.8) is 0 Å². The van der Waals surface area contributed by atoms with Crippen LogP contribution in [-0.2, 0) is 18.2 Å². The number of phosphoric acid groups is 2. The predicted octanol–water partition coefficient (Wildman–Crippen LogP) is 4.26. The lowest BCUT2D eigenvalue weighted by Gasteiger charge is -2.45. The third-order valence-electron chi connectivity index (χ3n) is 6.32. The zero-order valence-electron chi connectivity index (χ0n) is 20.5. The molecule has 1 saturated carbocycles. The molecular formula is C23H23F2N5O8P2. The van der Waals surface area contributed by atoms with Crippen molar-refractivity contribution >= 4 is 32.8 Å². The van der Waals surface area contributed by atoms with E-state index in [-0.39, 0.29) is 12.6 Å². The third kappa shape index (κ3) is 6.30. The van der Waals surface area contributed by atoms with Gasteiger partial charge in [-0.2, -0.15) is 4.98 Å². The van der Waals surface area contributed by atoms with Gasteiger partial charge in [0.05, 0.1) is 25.7 Å². The van der Waals surface area contributed by atoms with E-state index in [1.54, 1.807) is 4.57 Å². The van der Waals surface area contributed by atoms with Crippen LogP contribution < -0.4 is 14.8 Å². The third-order valence-corrected chi connectivity index (χ3v) is 8.12. The molecule has 212 valence electrons. The Hall–Kier alpha value is -3.45. The average molecular weight is 597 g/mol. The fourth-order valence-corrected chi connectivity index (χ4v) is 5.97. The highest BCUT2D eigenvalue weighted by Gasteiger charge is 2.46. The van der Waals surface area contributed by atoms with Gasteiger partial charge >= 0.3 is 15.6 Å². The van der Waals surface area contributed by atoms with Crippen LogP contribution in [0, 0.1) is 23.5 Å². The summed E-state index contributed by atoms with van der Waals surface area (Å²) in [6.07, 6.45) is 3.26. The summed E-state index contributed by atoms with van der Waals surface area (Å²) in [5.41, 5.74) is 6.56. The van der Waals surface area contributed by atoms with E-state index in [1.165, 1.54) is 48.9 Å². The first-order valence-electron chi connectivity index (χ1n) is 11.8. The Kier molecular flexibility index (Phi) is 7.87. The van der Waals surface area contributed by atoms with Crippen LogP contribution in [0.25, 0.3) is 11.2 Å². The van der Waals surface area contributed by atoms with Crippen LogP contribution in [0.1, 0.15) is 12.5 Å². The highest BCUT2D eigenvalue weighted by Crippen LogP contribution is 2.52. The first-order valence-corrected chi connectivity index (χ1v) is 14.8. The molecule has 5 atom stereocenters. The van der Waals surface area contributed by atoms with E-state index >= 15 is 0 Å². The second-order valence-electron chi connectivity index (χ2n) is 8.89. The van der Waals surface area contributed by atoms with E-state index in [4.69, 9.17) is 23.8 Å². The smallest absolute Gasteiger partial charge is 0.401 e. The van der Waals surface area contributed by atoms with Gasteiger partial charge in [0, 0.05) is 12.0 Å². The van der Waals surface area contributed by atoms with Crippen LogP contribution in [-0.4, -0.2) is 42.5 Å². The van der Waals surface area contributed by atoms with E-state index in [0.717, 1.165) is 12.1 Å². The van der Waals surface area contributed by atoms with E-state index in [0.29, 0.717) is 17.6 Å². The molecule has 0 spiro atoms. The number of halogens is 2. The lowest BCUT2D eigenvalue weighted by molar-refractivity contribution is -0.00458. The molecule has 2 aromatic heterocycles. The molecule has 5 unspecified atom stereocenters. The van der Waals surface area contributed by atoms with Gasteiger partial charge in [-0.1, -0.05) is 24.3 Å². The van der Waals surface area contributed by atoms with Crippen molar-refractivity contribution in [1.29, 1.82) is 0 Å². The Morgan fingerprint density at radius 3 is 2.10 bits per heavy atom. The quantitative estimate of drug-likeness (QED) is 0.209. The summed E-state index contributed by atoms with van der Waals surface area (Å²) in [6, 6.07) is 9.64. The SMILES string of the molecule is Nc1ncc2ncn(C3CC(COP(=O)(O)Oc4ccccc4F)C3COP(=O)(O)Oc3ccccc3F)c2n1. The summed E-state index contributed by atoms with van der Waals surface area (Å²) >= 11 is 0. The molecule has 0 saturated heterocycles. The highest BCUT2D eigenvalue weighted by atomic mass is 31.2. The van der Waals surface area contributed by atoms with Crippen LogP contribution >= 0.6 is 15.6 Å². The first kappa shape index (κ1) is 28.1. The molecule has 1 aliphatic carbocycles. The second kappa shape index (κ2) is 11.2. The molecule has 1 aliphatic rings. The number of fused-ring (bicyclic) bond motifs is 1. The van der Waals surface area contributed by atoms with Gasteiger partial charge in [0.25, 0.3) is 0 Å². The number of nitrogens with zero attached hydrogens (tertiary/aromatic N) is 4. The van der Waals surface area contributed by atoms with Gasteiger partial charge in [-0.25, -0.2) is 27.9 Å². The van der Waals surface area contributed by atoms with E-state index in [2.05, 4.69) is 15.0 Å². The summed E-state index contributed by atoms with van der Waals surface area (Å²) in [4.78, 5) is 32.7. The summed E-state index contributed by atoms with van der Waals surface area (Å²) in [5.74, 6) is -3.75. The molecule has 2 heterocycles.